The summed E-state index contributed by atoms with van der Waals surface area (Å²) in [7, 11) is 1.53. The molecule has 0 radical (unpaired) electrons. The van der Waals surface area contributed by atoms with Gasteiger partial charge in [-0.05, 0) is 162 Å². The molecule has 480 valence electrons. The Balaban J connectivity index is 0.000000165. The van der Waals surface area contributed by atoms with E-state index in [1.54, 1.807) is 183 Å². The molecule has 15 nitrogen and oxygen atoms in total. The molecule has 0 bridgehead atoms. The van der Waals surface area contributed by atoms with Crippen molar-refractivity contribution in [2.45, 2.75) is 26.2 Å². The summed E-state index contributed by atoms with van der Waals surface area (Å²) in [5, 5.41) is 40.1. The molecule has 0 saturated heterocycles. The maximum Gasteiger partial charge on any atom is 0.169 e. The minimum atomic E-state index is 0.283. The van der Waals surface area contributed by atoms with Crippen LogP contribution in [0.5, 0.6) is 63.2 Å². The lowest BCUT2D eigenvalue weighted by Gasteiger charge is -2.14. The van der Waals surface area contributed by atoms with E-state index in [-0.39, 0.29) is 6.61 Å². The fourth-order valence-electron chi connectivity index (χ4n) is 8.20. The first-order valence-electron chi connectivity index (χ1n) is 28.3. The summed E-state index contributed by atoms with van der Waals surface area (Å²) in [5.74, 6) is 5.10. The molecular weight excluding hydrogens is 1390 g/mol. The molecule has 8 aromatic carbocycles. The first-order chi connectivity index (χ1) is 46.6. The lowest BCUT2D eigenvalue weighted by atomic mass is 10.1. The molecule has 0 aliphatic rings. The van der Waals surface area contributed by atoms with E-state index < -0.39 is 0 Å². The van der Waals surface area contributed by atoms with E-state index in [1.165, 1.54) is 7.11 Å². The molecule has 0 unspecified atom stereocenters. The number of aromatic nitrogens is 3. The highest BCUT2D eigenvalue weighted by Gasteiger charge is 2.16. The quantitative estimate of drug-likeness (QED) is 0.0695. The molecule has 0 fully saturated rings. The Morgan fingerprint density at radius 1 is 0.323 bits per heavy atom. The van der Waals surface area contributed by atoms with E-state index in [2.05, 4.69) is 33.2 Å². The highest BCUT2D eigenvalue weighted by Crippen LogP contribution is 2.41. The molecule has 3 aromatic heterocycles. The molecular formula is C73H49Cl8N7O8. The number of halogens is 8. The maximum atomic E-state index is 9.15. The van der Waals surface area contributed by atoms with E-state index in [0.29, 0.717) is 152 Å². The average Bonchev–Trinajstić information content (AvgIpc) is 1.12. The van der Waals surface area contributed by atoms with Crippen LogP contribution in [-0.2, 0) is 31.0 Å². The van der Waals surface area contributed by atoms with Gasteiger partial charge in [-0.25, -0.2) is 0 Å². The fourth-order valence-corrected chi connectivity index (χ4v) is 9.54. The number of ether oxygens (including phenoxy) is 8. The number of methoxy groups -OCH3 is 1. The van der Waals surface area contributed by atoms with Gasteiger partial charge in [0.2, 0.25) is 0 Å². The number of hydrogen-bond acceptors (Lipinski definition) is 15. The third kappa shape index (κ3) is 22.6. The summed E-state index contributed by atoms with van der Waals surface area (Å²) in [6.45, 7) is 1.46. The van der Waals surface area contributed by atoms with Gasteiger partial charge in [0.15, 0.2) is 34.5 Å². The zero-order chi connectivity index (χ0) is 68.2. The highest BCUT2D eigenvalue weighted by atomic mass is 35.5. The van der Waals surface area contributed by atoms with Crippen molar-refractivity contribution >= 4 is 92.8 Å². The smallest absolute Gasteiger partial charge is 0.169 e. The number of rotatable bonds is 20. The SMILES string of the molecule is COc1cc(Cl)ccc1Oc1cc(Cl)cc(C#N)c1.N#Cc1ccc(Oc2cc(Cl)ccc2Cl)c(COCc2ccncc2)c1.N#Cc1ccc(Oc2cc(Cl)ccc2Cl)c(OCCc2ccncc2)c1.N#Cc1ccc(Oc2cc(Cl)ccc2Cl)c(OCc2ccncc2)c1. The van der Waals surface area contributed by atoms with Crippen LogP contribution in [0.2, 0.25) is 40.2 Å². The molecule has 0 N–H and O–H groups in total. The Bertz CT molecular complexity index is 4460. The van der Waals surface area contributed by atoms with E-state index in [4.69, 9.17) is 152 Å². The molecule has 23 heteroatoms. The summed E-state index contributed by atoms with van der Waals surface area (Å²) in [6.07, 6.45) is 11.0. The number of benzene rings is 8. The van der Waals surface area contributed by atoms with Crippen LogP contribution in [0.3, 0.4) is 0 Å². The normalized spacial score (nSPS) is 10.1. The Morgan fingerprint density at radius 3 is 1.22 bits per heavy atom. The number of nitriles is 4. The van der Waals surface area contributed by atoms with Gasteiger partial charge in [0, 0.05) is 111 Å². The van der Waals surface area contributed by atoms with E-state index in [9.17, 15) is 0 Å². The monoisotopic (exact) mass is 1430 g/mol. The average molecular weight is 1440 g/mol. The second-order valence-corrected chi connectivity index (χ2v) is 23.0. The number of pyridine rings is 3. The van der Waals surface area contributed by atoms with E-state index >= 15 is 0 Å². The second kappa shape index (κ2) is 37.2. The minimum Gasteiger partial charge on any atom is -0.493 e. The van der Waals surface area contributed by atoms with Crippen LogP contribution in [0.1, 0.15) is 44.5 Å². The molecule has 0 saturated carbocycles. The number of nitrogens with zero attached hydrogens (tertiary/aromatic N) is 7. The standard InChI is InChI=1S/2C20H14Cl2N2O2.C19H12Cl2N2O2.C14H9Cl2NO2/c21-16-2-3-17(22)19(12-16)26-18-4-1-15(13-23)11-20(18)25-10-7-14-5-8-24-9-6-14;21-17-2-3-18(22)20(10-17)26-19-4-1-15(11-23)9-16(19)13-25-12-14-5-7-24-8-6-14;20-15-2-3-16(21)18(10-15)25-17-4-1-14(11-22)9-19(17)24-12-13-5-7-23-8-6-13;1-18-14-7-10(15)2-3-13(14)19-12-5-9(8-17)4-11(16)6-12/h1-6,8-9,11-12H,7,10H2;1-10H,12-13H2;1-10H,12H2;2-7H,1H3. The zero-order valence-electron chi connectivity index (χ0n) is 50.2. The lowest BCUT2D eigenvalue weighted by Crippen LogP contribution is -2.03. The van der Waals surface area contributed by atoms with Crippen LogP contribution in [0.25, 0.3) is 0 Å². The molecule has 0 spiro atoms. The Kier molecular flexibility index (Phi) is 27.9. The molecule has 96 heavy (non-hydrogen) atoms. The topological polar surface area (TPSA) is 208 Å². The molecule has 11 rings (SSSR count). The van der Waals surface area contributed by atoms with Crippen LogP contribution >= 0.6 is 92.8 Å². The van der Waals surface area contributed by atoms with Crippen molar-refractivity contribution < 1.29 is 37.9 Å². The molecule has 0 amide bonds. The van der Waals surface area contributed by atoms with Gasteiger partial charge < -0.3 is 37.9 Å². The number of hydrogen-bond donors (Lipinski definition) is 0. The Labute approximate surface area is 593 Å². The van der Waals surface area contributed by atoms with E-state index in [0.717, 1.165) is 22.3 Å². The van der Waals surface area contributed by atoms with Crippen LogP contribution in [0, 0.1) is 45.3 Å². The fraction of sp³-hybridized carbons (Fsp3) is 0.0822. The van der Waals surface area contributed by atoms with Crippen LogP contribution in [0.15, 0.2) is 219 Å². The Morgan fingerprint density at radius 2 is 0.729 bits per heavy atom. The Hall–Kier alpha value is -9.95. The van der Waals surface area contributed by atoms with Gasteiger partial charge in [-0.1, -0.05) is 92.8 Å². The maximum absolute atomic E-state index is 9.15. The molecule has 0 aliphatic heterocycles. The predicted molar refractivity (Wildman–Crippen MR) is 372 cm³/mol. The highest BCUT2D eigenvalue weighted by molar-refractivity contribution is 6.35. The van der Waals surface area contributed by atoms with Crippen molar-refractivity contribution in [2.24, 2.45) is 0 Å². The van der Waals surface area contributed by atoms with E-state index in [1.807, 2.05) is 42.5 Å². The molecule has 0 aliphatic carbocycles. The van der Waals surface area contributed by atoms with Crippen molar-refractivity contribution in [3.63, 3.8) is 0 Å². The van der Waals surface area contributed by atoms with Gasteiger partial charge in [-0.15, -0.1) is 0 Å². The van der Waals surface area contributed by atoms with Crippen LogP contribution < -0.4 is 33.2 Å². The van der Waals surface area contributed by atoms with Crippen LogP contribution in [0.4, 0.5) is 0 Å². The summed E-state index contributed by atoms with van der Waals surface area (Å²) >= 11 is 48.3. The third-order valence-corrected chi connectivity index (χ3v) is 14.9. The van der Waals surface area contributed by atoms with Crippen molar-refractivity contribution in [3.8, 4) is 87.5 Å². The minimum absolute atomic E-state index is 0.283. The van der Waals surface area contributed by atoms with Gasteiger partial charge in [0.05, 0.1) is 88.5 Å². The summed E-state index contributed by atoms with van der Waals surface area (Å²) in [6, 6.07) is 59.4. The van der Waals surface area contributed by atoms with Gasteiger partial charge >= 0.3 is 0 Å². The second-order valence-electron chi connectivity index (χ2n) is 19.6. The third-order valence-electron chi connectivity index (χ3n) is 12.8. The first kappa shape index (κ1) is 71.9. The van der Waals surface area contributed by atoms with Crippen molar-refractivity contribution in [1.29, 1.82) is 21.0 Å². The molecule has 11 aromatic rings. The van der Waals surface area contributed by atoms with Gasteiger partial charge in [0.25, 0.3) is 0 Å². The lowest BCUT2D eigenvalue weighted by molar-refractivity contribution is 0.105. The predicted octanol–water partition coefficient (Wildman–Crippen LogP) is 21.7. The molecule has 0 atom stereocenters. The van der Waals surface area contributed by atoms with Crippen molar-refractivity contribution in [3.05, 3.63) is 304 Å². The van der Waals surface area contributed by atoms with Crippen molar-refractivity contribution in [1.82, 2.24) is 15.0 Å². The van der Waals surface area contributed by atoms with Gasteiger partial charge in [-0.3, -0.25) is 15.0 Å². The first-order valence-corrected chi connectivity index (χ1v) is 31.3. The summed E-state index contributed by atoms with van der Waals surface area (Å²) in [5.41, 5.74) is 5.71. The van der Waals surface area contributed by atoms with Gasteiger partial charge in [-0.2, -0.15) is 21.0 Å². The van der Waals surface area contributed by atoms with Crippen molar-refractivity contribution in [2.75, 3.05) is 13.7 Å². The summed E-state index contributed by atoms with van der Waals surface area (Å²) < 4.78 is 45.9. The molecule has 3 heterocycles. The summed E-state index contributed by atoms with van der Waals surface area (Å²) in [4.78, 5) is 11.9. The van der Waals surface area contributed by atoms with Gasteiger partial charge in [0.1, 0.15) is 35.4 Å². The largest absolute Gasteiger partial charge is 0.493 e. The van der Waals surface area contributed by atoms with Crippen LogP contribution in [-0.4, -0.2) is 28.7 Å². The zero-order valence-corrected chi connectivity index (χ0v) is 56.3.